The number of hydrogen-bond acceptors (Lipinski definition) is 13. The lowest BCUT2D eigenvalue weighted by Gasteiger charge is -2.32. The number of ether oxygens (including phenoxy) is 5. The van der Waals surface area contributed by atoms with Gasteiger partial charge in [0.15, 0.2) is 5.82 Å². The summed E-state index contributed by atoms with van der Waals surface area (Å²) >= 11 is 8.30. The van der Waals surface area contributed by atoms with Crippen molar-refractivity contribution in [2.45, 2.75) is 32.7 Å². The number of aliphatic carboxylic acids is 1. The second-order valence-corrected chi connectivity index (χ2v) is 16.7. The number of para-hydroxylation sites is 1. The fourth-order valence-electron chi connectivity index (χ4n) is 7.75. The van der Waals surface area contributed by atoms with E-state index < -0.39 is 12.1 Å². The first-order chi connectivity index (χ1) is 31.2. The predicted octanol–water partition coefficient (Wildman–Crippen LogP) is 8.88. The van der Waals surface area contributed by atoms with Gasteiger partial charge >= 0.3 is 5.97 Å². The van der Waals surface area contributed by atoms with Crippen molar-refractivity contribution in [1.29, 1.82) is 0 Å². The molecule has 0 radical (unpaired) electrons. The molecule has 1 aliphatic heterocycles. The van der Waals surface area contributed by atoms with Crippen LogP contribution in [0.15, 0.2) is 103 Å². The van der Waals surface area contributed by atoms with Gasteiger partial charge in [0.25, 0.3) is 0 Å². The molecule has 1 N–H and O–H groups in total. The molecule has 1 saturated heterocycles. The molecule has 8 rings (SSSR count). The van der Waals surface area contributed by atoms with Crippen LogP contribution in [0.5, 0.6) is 23.1 Å². The largest absolute Gasteiger partial charge is 0.497 e. The molecular weight excluding hydrogens is 852 g/mol. The summed E-state index contributed by atoms with van der Waals surface area (Å²) in [6, 6.07) is 28.4. The number of methoxy groups -OCH3 is 2. The van der Waals surface area contributed by atoms with E-state index in [2.05, 4.69) is 21.8 Å². The lowest BCUT2D eigenvalue weighted by molar-refractivity contribution is -0.145. The van der Waals surface area contributed by atoms with Crippen LogP contribution in [0.25, 0.3) is 43.9 Å². The molecule has 0 spiro atoms. The number of nitrogens with zero attached hydrogens (tertiary/aromatic N) is 6. The fourth-order valence-corrected chi connectivity index (χ4v) is 8.66. The zero-order chi connectivity index (χ0) is 44.6. The van der Waals surface area contributed by atoms with Crippen LogP contribution in [-0.2, 0) is 29.2 Å². The molecule has 64 heavy (non-hydrogen) atoms. The molecule has 0 aliphatic carbocycles. The lowest BCUT2D eigenvalue weighted by atomic mass is 9.93. The van der Waals surface area contributed by atoms with E-state index in [9.17, 15) is 9.90 Å². The Hall–Kier alpha value is -6.16. The van der Waals surface area contributed by atoms with Crippen LogP contribution in [0.1, 0.15) is 22.4 Å². The minimum atomic E-state index is -1.33. The van der Waals surface area contributed by atoms with Gasteiger partial charge in [-0.1, -0.05) is 72.3 Å². The molecule has 0 bridgehead atoms. The van der Waals surface area contributed by atoms with Crippen LogP contribution < -0.4 is 18.9 Å². The van der Waals surface area contributed by atoms with E-state index in [-0.39, 0.29) is 18.9 Å². The van der Waals surface area contributed by atoms with E-state index in [1.54, 1.807) is 38.7 Å². The van der Waals surface area contributed by atoms with Gasteiger partial charge < -0.3 is 33.7 Å². The maximum atomic E-state index is 13.1. The highest BCUT2D eigenvalue weighted by molar-refractivity contribution is 7.13. The average Bonchev–Trinajstić information content (AvgIpc) is 3.73. The summed E-state index contributed by atoms with van der Waals surface area (Å²) in [4.78, 5) is 32.0. The Labute approximate surface area is 381 Å². The molecular formula is C49H49ClN6O7S. The highest BCUT2D eigenvalue weighted by atomic mass is 35.5. The maximum absolute atomic E-state index is 13.1. The summed E-state index contributed by atoms with van der Waals surface area (Å²) in [6.45, 7) is 7.83. The molecule has 15 heteroatoms. The van der Waals surface area contributed by atoms with Crippen LogP contribution in [-0.4, -0.2) is 107 Å². The van der Waals surface area contributed by atoms with Crippen molar-refractivity contribution in [3.63, 3.8) is 0 Å². The summed E-state index contributed by atoms with van der Waals surface area (Å²) < 4.78 is 35.4. The number of halogens is 1. The Morgan fingerprint density at radius 1 is 0.875 bits per heavy atom. The number of hydrogen-bond donors (Lipinski definition) is 1. The molecule has 0 saturated carbocycles. The van der Waals surface area contributed by atoms with Crippen LogP contribution in [0.4, 0.5) is 0 Å². The number of carboxylic acid groups (broad SMARTS) is 1. The van der Waals surface area contributed by atoms with E-state index >= 15 is 0 Å². The van der Waals surface area contributed by atoms with Gasteiger partial charge in [-0.05, 0) is 78.1 Å². The molecule has 3 aromatic heterocycles. The van der Waals surface area contributed by atoms with Crippen LogP contribution in [0.2, 0.25) is 5.02 Å². The zero-order valence-electron chi connectivity index (χ0n) is 36.1. The standard InChI is InChI=1S/C49H49ClN6O7S/c1-31-37(16-17-40(45(31)50)61-25-24-56-22-20-55(2)21-23-56)43-44-42(28-52-46(43)33-12-9-13-36(26-33)60-4)64-54-48(44)63-41(49(57)58)27-32-10-6-8-15-39(32)62-30-35-18-19-51-47(53-35)38-14-7-5-11-34(38)29-59-3/h5-19,26,28,41H,20-25,27,29-30H2,1-4H3,(H,57,58)/t41-/m1/s1. The van der Waals surface area contributed by atoms with Gasteiger partial charge in [0.1, 0.15) is 30.5 Å². The number of pyridine rings is 1. The zero-order valence-corrected chi connectivity index (χ0v) is 37.7. The second-order valence-electron chi connectivity index (χ2n) is 15.5. The molecule has 13 nitrogen and oxygen atoms in total. The van der Waals surface area contributed by atoms with Gasteiger partial charge in [-0.15, -0.1) is 0 Å². The summed E-state index contributed by atoms with van der Waals surface area (Å²) in [5.41, 5.74) is 6.78. The van der Waals surface area contributed by atoms with Gasteiger partial charge in [0.2, 0.25) is 12.0 Å². The van der Waals surface area contributed by atoms with Crippen LogP contribution >= 0.6 is 23.1 Å². The SMILES string of the molecule is COCc1ccccc1-c1nccc(COc2ccccc2C[C@@H](Oc2nsc3cnc(-c4cccc(OC)c4)c(-c4ccc(OCCN5CCN(C)CC5)c(Cl)c4C)c23)C(=O)O)n1. The number of benzene rings is 4. The van der Waals surface area contributed by atoms with Crippen molar-refractivity contribution in [3.05, 3.63) is 131 Å². The highest BCUT2D eigenvalue weighted by Gasteiger charge is 2.28. The quantitative estimate of drug-likeness (QED) is 0.0878. The summed E-state index contributed by atoms with van der Waals surface area (Å²) in [5.74, 6) is 1.30. The third-order valence-corrected chi connectivity index (χ3v) is 12.5. The number of piperazine rings is 1. The van der Waals surface area contributed by atoms with E-state index in [1.807, 2.05) is 85.8 Å². The number of carbonyl (C=O) groups is 1. The third-order valence-electron chi connectivity index (χ3n) is 11.3. The van der Waals surface area contributed by atoms with Gasteiger partial charge in [0, 0.05) is 75.3 Å². The monoisotopic (exact) mass is 900 g/mol. The first-order valence-electron chi connectivity index (χ1n) is 21.0. The van der Waals surface area contributed by atoms with Crippen LogP contribution in [0, 0.1) is 6.92 Å². The van der Waals surface area contributed by atoms with Gasteiger partial charge in [-0.3, -0.25) is 9.88 Å². The molecule has 1 aliphatic rings. The van der Waals surface area contributed by atoms with Crippen molar-refractivity contribution in [3.8, 4) is 56.9 Å². The molecule has 0 amide bonds. The fraction of sp³-hybridized carbons (Fsp3) is 0.286. The lowest BCUT2D eigenvalue weighted by Crippen LogP contribution is -2.45. The van der Waals surface area contributed by atoms with Gasteiger partial charge in [-0.2, -0.15) is 4.37 Å². The van der Waals surface area contributed by atoms with E-state index in [0.717, 1.165) is 60.5 Å². The normalized spacial score (nSPS) is 13.8. The Morgan fingerprint density at radius 3 is 2.47 bits per heavy atom. The van der Waals surface area contributed by atoms with E-state index in [1.165, 1.54) is 11.5 Å². The number of likely N-dealkylation sites (N-methyl/N-ethyl adjacent to an activating group) is 1. The molecule has 7 aromatic rings. The summed E-state index contributed by atoms with van der Waals surface area (Å²) in [5, 5.41) is 11.8. The molecule has 1 fully saturated rings. The predicted molar refractivity (Wildman–Crippen MR) is 249 cm³/mol. The Bertz CT molecular complexity index is 2740. The van der Waals surface area contributed by atoms with E-state index in [0.29, 0.717) is 73.9 Å². The number of carboxylic acids is 1. The average molecular weight is 901 g/mol. The third kappa shape index (κ3) is 10.1. The van der Waals surface area contributed by atoms with Gasteiger partial charge in [-0.25, -0.2) is 14.8 Å². The van der Waals surface area contributed by atoms with Crippen molar-refractivity contribution in [2.75, 3.05) is 60.6 Å². The Balaban J connectivity index is 1.09. The molecule has 330 valence electrons. The number of fused-ring (bicyclic) bond motifs is 1. The Morgan fingerprint density at radius 2 is 1.67 bits per heavy atom. The summed E-state index contributed by atoms with van der Waals surface area (Å²) in [7, 11) is 5.40. The van der Waals surface area contributed by atoms with Crippen molar-refractivity contribution in [2.24, 2.45) is 0 Å². The Kier molecular flexibility index (Phi) is 14.3. The second kappa shape index (κ2) is 20.6. The number of aromatic nitrogens is 4. The van der Waals surface area contributed by atoms with Crippen molar-refractivity contribution < 1.29 is 33.6 Å². The van der Waals surface area contributed by atoms with E-state index in [4.69, 9.17) is 49.6 Å². The van der Waals surface area contributed by atoms with Crippen molar-refractivity contribution >= 4 is 39.2 Å². The number of rotatable bonds is 18. The molecule has 0 unspecified atom stereocenters. The summed E-state index contributed by atoms with van der Waals surface area (Å²) in [6.07, 6.45) is 2.08. The van der Waals surface area contributed by atoms with Gasteiger partial charge in [0.05, 0.1) is 40.2 Å². The topological polar surface area (TPSA) is 141 Å². The first-order valence-corrected chi connectivity index (χ1v) is 22.1. The van der Waals surface area contributed by atoms with Crippen LogP contribution in [0.3, 0.4) is 0 Å². The minimum Gasteiger partial charge on any atom is -0.497 e. The molecule has 4 heterocycles. The highest BCUT2D eigenvalue weighted by Crippen LogP contribution is 2.46. The van der Waals surface area contributed by atoms with Crippen molar-refractivity contribution in [1.82, 2.24) is 29.1 Å². The molecule has 4 aromatic carbocycles. The molecule has 1 atom stereocenters. The minimum absolute atomic E-state index is 0.0158. The maximum Gasteiger partial charge on any atom is 0.345 e. The smallest absolute Gasteiger partial charge is 0.345 e. The first kappa shape index (κ1) is 44.4.